The average molecular weight is 690 g/mol. The van der Waals surface area contributed by atoms with E-state index in [0.717, 1.165) is 38.5 Å². The Kier molecular flexibility index (Phi) is 19.3. The lowest BCUT2D eigenvalue weighted by Crippen LogP contribution is -2.44. The fourth-order valence-corrected chi connectivity index (χ4v) is 22.3. The van der Waals surface area contributed by atoms with Crippen molar-refractivity contribution in [2.45, 2.75) is 94.4 Å². The molecule has 0 aromatic carbocycles. The first-order valence-electron chi connectivity index (χ1n) is 12.3. The van der Waals surface area contributed by atoms with Crippen molar-refractivity contribution in [3.8, 4) is 0 Å². The van der Waals surface area contributed by atoms with E-state index < -0.39 is 32.8 Å². The standard InChI is InChI=1S/C21H45Cl6O4PSi3/c1-33(2,19(7-13-22)8-14-23)29-32(28,30-34(3,4)20(9-15-24)10-16-25)31-35(5,6)21(11-17-26)12-18-27/h19-21H,7-18H2,1-6H3. The summed E-state index contributed by atoms with van der Waals surface area (Å²) in [6.07, 6.45) is 4.40. The Morgan fingerprint density at radius 2 is 0.657 bits per heavy atom. The monoisotopic (exact) mass is 686 g/mol. The molecule has 0 bridgehead atoms. The van der Waals surface area contributed by atoms with Gasteiger partial charge in [-0.05, 0) is 94.4 Å². The first kappa shape index (κ1) is 37.5. The molecule has 0 aromatic heterocycles. The van der Waals surface area contributed by atoms with Crippen LogP contribution in [0.25, 0.3) is 0 Å². The Morgan fingerprint density at radius 3 is 0.800 bits per heavy atom. The van der Waals surface area contributed by atoms with Gasteiger partial charge < -0.3 is 12.6 Å². The molecule has 0 spiro atoms. The van der Waals surface area contributed by atoms with Gasteiger partial charge in [-0.1, -0.05) is 0 Å². The highest BCUT2D eigenvalue weighted by Crippen LogP contribution is 2.60. The second-order valence-corrected chi connectivity index (χ2v) is 27.9. The summed E-state index contributed by atoms with van der Waals surface area (Å²) in [5, 5.41) is 0. The maximum atomic E-state index is 14.6. The molecule has 35 heavy (non-hydrogen) atoms. The fourth-order valence-electron chi connectivity index (χ4n) is 4.45. The lowest BCUT2D eigenvalue weighted by atomic mass is 10.3. The van der Waals surface area contributed by atoms with Crippen LogP contribution in [0.5, 0.6) is 0 Å². The molecule has 0 amide bonds. The minimum Gasteiger partial charge on any atom is -0.331 e. The molecule has 0 saturated heterocycles. The first-order chi connectivity index (χ1) is 16.2. The molecule has 0 radical (unpaired) electrons. The molecule has 0 aromatic rings. The SMILES string of the molecule is C[Si](C)(OP(=O)(O[Si](C)(C)C(CCCl)CCCl)O[Si](C)(C)C(CCCl)CCCl)C(CCCl)CCCl. The molecule has 0 aliphatic rings. The molecule has 0 unspecified atom stereocenters. The predicted octanol–water partition coefficient (Wildman–Crippen LogP) is 10.6. The molecule has 0 aliphatic heterocycles. The smallest absolute Gasteiger partial charge is 0.331 e. The molecule has 0 rings (SSSR count). The Labute approximate surface area is 247 Å². The van der Waals surface area contributed by atoms with Gasteiger partial charge in [-0.15, -0.1) is 69.6 Å². The van der Waals surface area contributed by atoms with E-state index in [-0.39, 0.29) is 16.6 Å². The maximum Gasteiger partial charge on any atom is 0.445 e. The number of phosphoric acid groups is 1. The number of rotatable bonds is 21. The third kappa shape index (κ3) is 13.6. The normalized spacial score (nSPS) is 14.0. The van der Waals surface area contributed by atoms with Crippen molar-refractivity contribution < 1.29 is 17.2 Å². The van der Waals surface area contributed by atoms with E-state index in [2.05, 4.69) is 0 Å². The van der Waals surface area contributed by atoms with Crippen LogP contribution < -0.4 is 0 Å². The van der Waals surface area contributed by atoms with Crippen LogP contribution in [0.15, 0.2) is 0 Å². The van der Waals surface area contributed by atoms with Gasteiger partial charge >= 0.3 is 7.82 Å². The van der Waals surface area contributed by atoms with Crippen molar-refractivity contribution in [3.05, 3.63) is 0 Å². The number of alkyl halides is 6. The number of hydrogen-bond acceptors (Lipinski definition) is 4. The third-order valence-corrected chi connectivity index (χ3v) is 24.0. The van der Waals surface area contributed by atoms with Crippen LogP contribution in [0, 0.1) is 0 Å². The summed E-state index contributed by atoms with van der Waals surface area (Å²) in [7, 11) is -11.7. The summed E-state index contributed by atoms with van der Waals surface area (Å²) >= 11 is 36.6. The predicted molar refractivity (Wildman–Crippen MR) is 167 cm³/mol. The quantitative estimate of drug-likeness (QED) is 0.0684. The zero-order chi connectivity index (χ0) is 27.3. The molecule has 4 nitrogen and oxygen atoms in total. The molecule has 0 heterocycles. The van der Waals surface area contributed by atoms with Crippen molar-refractivity contribution in [3.63, 3.8) is 0 Å². The molecule has 0 saturated carbocycles. The number of halogens is 6. The lowest BCUT2D eigenvalue weighted by Gasteiger charge is -2.42. The Hall–Kier alpha value is 2.50. The van der Waals surface area contributed by atoms with Crippen molar-refractivity contribution in [1.82, 2.24) is 0 Å². The lowest BCUT2D eigenvalue weighted by molar-refractivity contribution is 0.278. The molecule has 0 aliphatic carbocycles. The summed E-state index contributed by atoms with van der Waals surface area (Å²) in [6, 6.07) is 0. The highest BCUT2D eigenvalue weighted by molar-refractivity contribution is 7.53. The van der Waals surface area contributed by atoms with E-state index in [0.29, 0.717) is 35.3 Å². The minimum absolute atomic E-state index is 0.121. The van der Waals surface area contributed by atoms with Crippen molar-refractivity contribution in [1.29, 1.82) is 0 Å². The van der Waals surface area contributed by atoms with Gasteiger partial charge in [0.25, 0.3) is 0 Å². The molecule has 0 atom stereocenters. The van der Waals surface area contributed by atoms with Gasteiger partial charge in [0.15, 0.2) is 0 Å². The van der Waals surface area contributed by atoms with Crippen molar-refractivity contribution in [2.24, 2.45) is 0 Å². The summed E-state index contributed by atoms with van der Waals surface area (Å²) in [5.41, 5.74) is 0.363. The van der Waals surface area contributed by atoms with E-state index in [4.69, 9.17) is 82.2 Å². The van der Waals surface area contributed by atoms with Gasteiger partial charge in [-0.3, -0.25) is 0 Å². The van der Waals surface area contributed by atoms with Gasteiger partial charge in [-0.2, -0.15) is 0 Å². The molecular formula is C21H45Cl6O4PSi3. The molecule has 0 N–H and O–H groups in total. The van der Waals surface area contributed by atoms with E-state index in [1.54, 1.807) is 0 Å². The van der Waals surface area contributed by atoms with Crippen LogP contribution in [0.3, 0.4) is 0 Å². The van der Waals surface area contributed by atoms with Crippen molar-refractivity contribution in [2.75, 3.05) is 35.3 Å². The summed E-state index contributed by atoms with van der Waals surface area (Å²) in [5.74, 6) is 2.89. The summed E-state index contributed by atoms with van der Waals surface area (Å²) in [6.45, 7) is 12.3. The average Bonchev–Trinajstić information content (AvgIpc) is 2.71. The first-order valence-corrected chi connectivity index (χ1v) is 25.9. The molecule has 14 heteroatoms. The molecule has 0 fully saturated rings. The van der Waals surface area contributed by atoms with Crippen LogP contribution in [0.4, 0.5) is 0 Å². The van der Waals surface area contributed by atoms with E-state index >= 15 is 0 Å². The third-order valence-electron chi connectivity index (χ3n) is 6.74. The Morgan fingerprint density at radius 1 is 0.486 bits per heavy atom. The van der Waals surface area contributed by atoms with Crippen molar-refractivity contribution >= 4 is 102 Å². The fraction of sp³-hybridized carbons (Fsp3) is 1.00. The van der Waals surface area contributed by atoms with Crippen LogP contribution in [0.1, 0.15) is 38.5 Å². The van der Waals surface area contributed by atoms with Gasteiger partial charge in [0.1, 0.15) is 0 Å². The number of hydrogen-bond donors (Lipinski definition) is 0. The van der Waals surface area contributed by atoms with Crippen LogP contribution in [-0.4, -0.2) is 60.2 Å². The minimum atomic E-state index is -3.96. The second-order valence-electron chi connectivity index (χ2n) is 10.5. The van der Waals surface area contributed by atoms with Gasteiger partial charge in [-0.25, -0.2) is 4.57 Å². The topological polar surface area (TPSA) is 44.8 Å². The van der Waals surface area contributed by atoms with E-state index in [1.165, 1.54) is 0 Å². The van der Waals surface area contributed by atoms with E-state index in [9.17, 15) is 4.57 Å². The zero-order valence-electron chi connectivity index (χ0n) is 22.1. The highest BCUT2D eigenvalue weighted by atomic mass is 35.5. The highest BCUT2D eigenvalue weighted by Gasteiger charge is 2.50. The Bertz CT molecular complexity index is 535. The van der Waals surface area contributed by atoms with Crippen LogP contribution in [0.2, 0.25) is 55.9 Å². The molecule has 212 valence electrons. The van der Waals surface area contributed by atoms with Gasteiger partial charge in [0, 0.05) is 35.3 Å². The molecular weight excluding hydrogens is 644 g/mol. The van der Waals surface area contributed by atoms with Gasteiger partial charge in [0.05, 0.1) is 0 Å². The van der Waals surface area contributed by atoms with Crippen LogP contribution >= 0.6 is 77.4 Å². The summed E-state index contributed by atoms with van der Waals surface area (Å²) < 4.78 is 34.3. The second kappa shape index (κ2) is 18.0. The Balaban J connectivity index is 6.35. The largest absolute Gasteiger partial charge is 0.445 e. The maximum absolute atomic E-state index is 14.6. The van der Waals surface area contributed by atoms with Gasteiger partial charge in [0.2, 0.25) is 25.0 Å². The zero-order valence-corrected chi connectivity index (χ0v) is 30.5. The van der Waals surface area contributed by atoms with Crippen LogP contribution in [-0.2, 0) is 17.2 Å². The van der Waals surface area contributed by atoms with E-state index in [1.807, 2.05) is 39.3 Å². The summed E-state index contributed by atoms with van der Waals surface area (Å²) in [4.78, 5) is 0.